The molecule has 7 heteroatoms. The van der Waals surface area contributed by atoms with Crippen molar-refractivity contribution in [2.45, 2.75) is 40.3 Å². The van der Waals surface area contributed by atoms with Crippen molar-refractivity contribution in [1.82, 2.24) is 18.7 Å². The molecule has 0 aliphatic rings. The molecule has 0 aliphatic carbocycles. The summed E-state index contributed by atoms with van der Waals surface area (Å²) in [6.45, 7) is 7.03. The van der Waals surface area contributed by atoms with Crippen molar-refractivity contribution in [1.29, 1.82) is 0 Å². The Morgan fingerprint density at radius 3 is 2.32 bits per heavy atom. The third-order valence-electron chi connectivity index (χ3n) is 5.39. The van der Waals surface area contributed by atoms with Crippen LogP contribution in [0.5, 0.6) is 0 Å². The fourth-order valence-electron chi connectivity index (χ4n) is 3.60. The van der Waals surface area contributed by atoms with E-state index in [9.17, 15) is 9.59 Å². The molecule has 4 rings (SSSR count). The SMILES string of the molecule is Cc1ccc(Cn2cnc3c2c(=O)n(CCC(C)C)c(=O)n3-c2ccc(Cl)cc2)cc1. The van der Waals surface area contributed by atoms with Crippen LogP contribution in [0.3, 0.4) is 0 Å². The summed E-state index contributed by atoms with van der Waals surface area (Å²) in [7, 11) is 0. The molecule has 2 aromatic carbocycles. The molecule has 0 saturated heterocycles. The molecule has 0 N–H and O–H groups in total. The molecule has 160 valence electrons. The van der Waals surface area contributed by atoms with Crippen LogP contribution >= 0.6 is 11.6 Å². The van der Waals surface area contributed by atoms with E-state index in [2.05, 4.69) is 18.8 Å². The fourth-order valence-corrected chi connectivity index (χ4v) is 3.72. The summed E-state index contributed by atoms with van der Waals surface area (Å²) in [5.74, 6) is 0.364. The molecule has 2 heterocycles. The number of aryl methyl sites for hydroxylation is 1. The van der Waals surface area contributed by atoms with Crippen LogP contribution in [0.4, 0.5) is 0 Å². The van der Waals surface area contributed by atoms with Crippen LogP contribution in [0.2, 0.25) is 5.02 Å². The van der Waals surface area contributed by atoms with Gasteiger partial charge in [-0.15, -0.1) is 0 Å². The van der Waals surface area contributed by atoms with E-state index in [1.54, 1.807) is 30.6 Å². The number of halogens is 1. The number of nitrogens with zero attached hydrogens (tertiary/aromatic N) is 4. The summed E-state index contributed by atoms with van der Waals surface area (Å²) in [5, 5.41) is 0.575. The third-order valence-corrected chi connectivity index (χ3v) is 5.64. The van der Waals surface area contributed by atoms with Gasteiger partial charge in [-0.05, 0) is 49.1 Å². The molecule has 0 amide bonds. The molecule has 0 saturated carbocycles. The van der Waals surface area contributed by atoms with E-state index in [-0.39, 0.29) is 11.2 Å². The number of hydrogen-bond acceptors (Lipinski definition) is 3. The highest BCUT2D eigenvalue weighted by Gasteiger charge is 2.19. The normalized spacial score (nSPS) is 11.5. The standard InChI is InChI=1S/C24H25ClN4O2/c1-16(2)12-13-28-23(30)21-22(29(24(28)31)20-10-8-19(25)9-11-20)26-15-27(21)14-18-6-4-17(3)5-7-18/h4-11,15-16H,12-14H2,1-3H3. The maximum absolute atomic E-state index is 13.4. The third kappa shape index (κ3) is 4.21. The van der Waals surface area contributed by atoms with Crippen LogP contribution in [0.25, 0.3) is 16.9 Å². The Morgan fingerprint density at radius 2 is 1.68 bits per heavy atom. The zero-order chi connectivity index (χ0) is 22.1. The van der Waals surface area contributed by atoms with E-state index < -0.39 is 0 Å². The van der Waals surface area contributed by atoms with Crippen LogP contribution in [-0.2, 0) is 13.1 Å². The van der Waals surface area contributed by atoms with Crippen LogP contribution in [-0.4, -0.2) is 18.7 Å². The van der Waals surface area contributed by atoms with Crippen LogP contribution in [0.1, 0.15) is 31.4 Å². The summed E-state index contributed by atoms with van der Waals surface area (Å²) < 4.78 is 4.64. The van der Waals surface area contributed by atoms with Gasteiger partial charge in [-0.3, -0.25) is 9.36 Å². The van der Waals surface area contributed by atoms with Crippen molar-refractivity contribution >= 4 is 22.8 Å². The molecule has 0 radical (unpaired) electrons. The van der Waals surface area contributed by atoms with Crippen molar-refractivity contribution in [2.75, 3.05) is 0 Å². The average Bonchev–Trinajstić information content (AvgIpc) is 3.14. The zero-order valence-electron chi connectivity index (χ0n) is 17.9. The molecule has 4 aromatic rings. The summed E-state index contributed by atoms with van der Waals surface area (Å²) >= 11 is 6.04. The van der Waals surface area contributed by atoms with Crippen molar-refractivity contribution in [2.24, 2.45) is 5.92 Å². The molecule has 0 bridgehead atoms. The smallest absolute Gasteiger partial charge is 0.320 e. The van der Waals surface area contributed by atoms with Gasteiger partial charge in [0.25, 0.3) is 5.56 Å². The molecule has 0 spiro atoms. The van der Waals surface area contributed by atoms with E-state index in [1.807, 2.05) is 35.8 Å². The lowest BCUT2D eigenvalue weighted by Gasteiger charge is -2.14. The van der Waals surface area contributed by atoms with Crippen LogP contribution in [0.15, 0.2) is 64.4 Å². The predicted octanol–water partition coefficient (Wildman–Crippen LogP) is 4.41. The highest BCUT2D eigenvalue weighted by molar-refractivity contribution is 6.30. The minimum absolute atomic E-state index is 0.310. The summed E-state index contributed by atoms with van der Waals surface area (Å²) in [6, 6.07) is 15.1. The second kappa shape index (κ2) is 8.55. The molecule has 0 atom stereocenters. The van der Waals surface area contributed by atoms with Gasteiger partial charge in [0, 0.05) is 18.1 Å². The highest BCUT2D eigenvalue weighted by Crippen LogP contribution is 2.17. The molecule has 0 aliphatic heterocycles. The minimum atomic E-state index is -0.388. The summed E-state index contributed by atoms with van der Waals surface area (Å²) in [6.07, 6.45) is 2.36. The quantitative estimate of drug-likeness (QED) is 0.450. The summed E-state index contributed by atoms with van der Waals surface area (Å²) in [5.41, 5.74) is 2.92. The first-order valence-electron chi connectivity index (χ1n) is 10.4. The topological polar surface area (TPSA) is 61.8 Å². The van der Waals surface area contributed by atoms with E-state index in [0.29, 0.717) is 40.9 Å². The monoisotopic (exact) mass is 436 g/mol. The second-order valence-electron chi connectivity index (χ2n) is 8.26. The van der Waals surface area contributed by atoms with Gasteiger partial charge in [-0.1, -0.05) is 55.3 Å². The van der Waals surface area contributed by atoms with E-state index in [0.717, 1.165) is 12.0 Å². The Labute approximate surface area is 185 Å². The van der Waals surface area contributed by atoms with Crippen molar-refractivity contribution in [3.63, 3.8) is 0 Å². The van der Waals surface area contributed by atoms with Crippen LogP contribution in [0, 0.1) is 12.8 Å². The maximum Gasteiger partial charge on any atom is 0.337 e. The largest absolute Gasteiger partial charge is 0.337 e. The predicted molar refractivity (Wildman–Crippen MR) is 124 cm³/mol. The number of benzene rings is 2. The first kappa shape index (κ1) is 21.1. The molecule has 31 heavy (non-hydrogen) atoms. The molecule has 2 aromatic heterocycles. The number of aromatic nitrogens is 4. The minimum Gasteiger partial charge on any atom is -0.320 e. The fraction of sp³-hybridized carbons (Fsp3) is 0.292. The van der Waals surface area contributed by atoms with Gasteiger partial charge in [0.2, 0.25) is 0 Å². The molecule has 0 fully saturated rings. The second-order valence-corrected chi connectivity index (χ2v) is 8.70. The first-order valence-corrected chi connectivity index (χ1v) is 10.7. The average molecular weight is 437 g/mol. The van der Waals surface area contributed by atoms with Gasteiger partial charge in [0.05, 0.1) is 12.0 Å². The lowest BCUT2D eigenvalue weighted by Crippen LogP contribution is -2.40. The Balaban J connectivity index is 1.94. The van der Waals surface area contributed by atoms with Crippen molar-refractivity contribution < 1.29 is 0 Å². The Bertz CT molecular complexity index is 1330. The maximum atomic E-state index is 13.4. The lowest BCUT2D eigenvalue weighted by molar-refractivity contribution is 0.491. The number of rotatable bonds is 6. The van der Waals surface area contributed by atoms with Gasteiger partial charge in [-0.2, -0.15) is 0 Å². The number of fused-ring (bicyclic) bond motifs is 1. The lowest BCUT2D eigenvalue weighted by atomic mass is 10.1. The zero-order valence-corrected chi connectivity index (χ0v) is 18.6. The molecular formula is C24H25ClN4O2. The molecule has 6 nitrogen and oxygen atoms in total. The molecule has 0 unspecified atom stereocenters. The van der Waals surface area contributed by atoms with E-state index in [4.69, 9.17) is 11.6 Å². The first-order chi connectivity index (χ1) is 14.8. The number of hydrogen-bond donors (Lipinski definition) is 0. The van der Waals surface area contributed by atoms with E-state index >= 15 is 0 Å². The van der Waals surface area contributed by atoms with Gasteiger partial charge < -0.3 is 4.57 Å². The van der Waals surface area contributed by atoms with Crippen molar-refractivity contribution in [3.05, 3.63) is 91.8 Å². The molecular weight excluding hydrogens is 412 g/mol. The van der Waals surface area contributed by atoms with Crippen molar-refractivity contribution in [3.8, 4) is 5.69 Å². The van der Waals surface area contributed by atoms with Gasteiger partial charge in [0.15, 0.2) is 11.2 Å². The highest BCUT2D eigenvalue weighted by atomic mass is 35.5. The number of imidazole rings is 1. The van der Waals surface area contributed by atoms with E-state index in [1.165, 1.54) is 14.7 Å². The van der Waals surface area contributed by atoms with Gasteiger partial charge >= 0.3 is 5.69 Å². The Hall–Kier alpha value is -3.12. The Kier molecular flexibility index (Phi) is 5.83. The van der Waals surface area contributed by atoms with Gasteiger partial charge in [0.1, 0.15) is 0 Å². The Morgan fingerprint density at radius 1 is 1.00 bits per heavy atom. The van der Waals surface area contributed by atoms with Gasteiger partial charge in [-0.25, -0.2) is 14.3 Å². The van der Waals surface area contributed by atoms with Crippen LogP contribution < -0.4 is 11.2 Å². The summed E-state index contributed by atoms with van der Waals surface area (Å²) in [4.78, 5) is 31.2.